The van der Waals surface area contributed by atoms with Gasteiger partial charge in [-0.05, 0) is 50.7 Å². The zero-order valence-corrected chi connectivity index (χ0v) is 20.9. The number of hydrogen-bond acceptors (Lipinski definition) is 7. The van der Waals surface area contributed by atoms with E-state index in [4.69, 9.17) is 24.0 Å². The number of carbonyl (C=O) groups excluding carboxylic acids is 1. The highest BCUT2D eigenvalue weighted by Gasteiger charge is 2.47. The zero-order chi connectivity index (χ0) is 22.7. The molecule has 0 bridgehead atoms. The number of rotatable bonds is 7. The Labute approximate surface area is 196 Å². The van der Waals surface area contributed by atoms with Crippen LogP contribution in [-0.2, 0) is 23.7 Å². The van der Waals surface area contributed by atoms with Gasteiger partial charge in [0.2, 0.25) is 0 Å². The van der Waals surface area contributed by atoms with Crippen molar-refractivity contribution < 1.29 is 23.7 Å². The first kappa shape index (κ1) is 24.5. The molecule has 0 N–H and O–H groups in total. The number of ether oxygens (including phenoxy) is 4. The van der Waals surface area contributed by atoms with E-state index in [1.165, 1.54) is 0 Å². The van der Waals surface area contributed by atoms with E-state index in [1.807, 2.05) is 5.01 Å². The molecule has 0 aromatic heterocycles. The minimum absolute atomic E-state index is 0.00391. The average Bonchev–Trinajstić information content (AvgIpc) is 3.53. The Kier molecular flexibility index (Phi) is 8.54. The van der Waals surface area contributed by atoms with Crippen molar-refractivity contribution in [3.8, 4) is 0 Å². The van der Waals surface area contributed by atoms with Gasteiger partial charge in [-0.25, -0.2) is 5.01 Å². The van der Waals surface area contributed by atoms with Crippen LogP contribution in [0.5, 0.6) is 0 Å². The molecule has 0 spiro atoms. The molecule has 2 heterocycles. The Morgan fingerprint density at radius 3 is 2.34 bits per heavy atom. The van der Waals surface area contributed by atoms with E-state index >= 15 is 0 Å². The Morgan fingerprint density at radius 2 is 1.69 bits per heavy atom. The van der Waals surface area contributed by atoms with Crippen LogP contribution in [0.15, 0.2) is 5.10 Å². The smallest absolute Gasteiger partial charge is 0.256 e. The highest BCUT2D eigenvalue weighted by molar-refractivity contribution is 8.00. The Morgan fingerprint density at radius 1 is 0.906 bits per heavy atom. The van der Waals surface area contributed by atoms with Crippen LogP contribution in [0.2, 0.25) is 0 Å². The second kappa shape index (κ2) is 11.2. The van der Waals surface area contributed by atoms with Crippen molar-refractivity contribution in [2.75, 3.05) is 34.2 Å². The summed E-state index contributed by atoms with van der Waals surface area (Å²) in [7, 11) is 7.08. The molecule has 1 amide bonds. The third kappa shape index (κ3) is 4.90. The van der Waals surface area contributed by atoms with Gasteiger partial charge in [0.1, 0.15) is 0 Å². The van der Waals surface area contributed by atoms with Gasteiger partial charge >= 0.3 is 0 Å². The van der Waals surface area contributed by atoms with Crippen molar-refractivity contribution in [2.24, 2.45) is 16.9 Å². The third-order valence-electron chi connectivity index (χ3n) is 8.09. The van der Waals surface area contributed by atoms with Gasteiger partial charge in [0.15, 0.2) is 0 Å². The fourth-order valence-corrected chi connectivity index (χ4v) is 7.54. The summed E-state index contributed by atoms with van der Waals surface area (Å²) in [4.78, 5) is 13.6. The zero-order valence-electron chi connectivity index (χ0n) is 20.0. The van der Waals surface area contributed by atoms with Crippen molar-refractivity contribution in [1.82, 2.24) is 5.01 Å². The summed E-state index contributed by atoms with van der Waals surface area (Å²) in [5.74, 6) is 1.84. The van der Waals surface area contributed by atoms with Gasteiger partial charge in [0, 0.05) is 52.4 Å². The molecule has 182 valence electrons. The van der Waals surface area contributed by atoms with Crippen molar-refractivity contribution in [1.29, 1.82) is 0 Å². The van der Waals surface area contributed by atoms with Crippen molar-refractivity contribution in [3.63, 3.8) is 0 Å². The standard InChI is InChI=1S/C24H40N2O5S/c1-28-19-11-10-15(13-21(19)30-3)17-14-18(16-7-5-8-20(29-2)23(16)31-4)26(25-17)24(27)22-9-6-12-32-22/h15-16,18-23H,5-14H2,1-4H3. The first-order valence-electron chi connectivity index (χ1n) is 12.2. The summed E-state index contributed by atoms with van der Waals surface area (Å²) >= 11 is 1.79. The van der Waals surface area contributed by atoms with Crippen LogP contribution in [0.4, 0.5) is 0 Å². The van der Waals surface area contributed by atoms with E-state index < -0.39 is 0 Å². The SMILES string of the molecule is COC1CCC(C2=NN(C(=O)C3CCCS3)C(C3CCCC(OC)C3OC)C2)CC1OC. The molecule has 0 radical (unpaired) electrons. The van der Waals surface area contributed by atoms with Crippen LogP contribution in [0, 0.1) is 11.8 Å². The minimum atomic E-state index is -0.00391. The number of amides is 1. The predicted molar refractivity (Wildman–Crippen MR) is 126 cm³/mol. The quantitative estimate of drug-likeness (QED) is 0.570. The Hall–Kier alpha value is -0.670. The largest absolute Gasteiger partial charge is 0.379 e. The van der Waals surface area contributed by atoms with Crippen molar-refractivity contribution >= 4 is 23.4 Å². The van der Waals surface area contributed by atoms with E-state index in [0.717, 1.165) is 69.3 Å². The summed E-state index contributed by atoms with van der Waals surface area (Å²) in [5.41, 5.74) is 1.16. The van der Waals surface area contributed by atoms with Crippen LogP contribution < -0.4 is 0 Å². The fourth-order valence-electron chi connectivity index (χ4n) is 6.34. The van der Waals surface area contributed by atoms with Crippen molar-refractivity contribution in [3.05, 3.63) is 0 Å². The van der Waals surface area contributed by atoms with Gasteiger partial charge in [-0.1, -0.05) is 6.42 Å². The molecular formula is C24H40N2O5S. The molecule has 1 saturated heterocycles. The van der Waals surface area contributed by atoms with Crippen LogP contribution in [0.1, 0.15) is 57.8 Å². The van der Waals surface area contributed by atoms with Gasteiger partial charge in [-0.3, -0.25) is 4.79 Å². The number of thioether (sulfide) groups is 1. The molecule has 0 aromatic carbocycles. The van der Waals surface area contributed by atoms with Gasteiger partial charge in [0.05, 0.1) is 35.7 Å². The fraction of sp³-hybridized carbons (Fsp3) is 0.917. The lowest BCUT2D eigenvalue weighted by molar-refractivity contribution is -0.139. The maximum absolute atomic E-state index is 13.6. The third-order valence-corrected chi connectivity index (χ3v) is 9.46. The van der Waals surface area contributed by atoms with Crippen LogP contribution >= 0.6 is 11.8 Å². The predicted octanol–water partition coefficient (Wildman–Crippen LogP) is 3.50. The number of hydrogen-bond donors (Lipinski definition) is 0. The molecule has 2 saturated carbocycles. The molecule has 2 aliphatic heterocycles. The van der Waals surface area contributed by atoms with Crippen LogP contribution in [0.25, 0.3) is 0 Å². The molecule has 4 rings (SSSR count). The number of hydrazone groups is 1. The maximum Gasteiger partial charge on any atom is 0.256 e. The normalized spacial score (nSPS) is 40.5. The summed E-state index contributed by atoms with van der Waals surface area (Å²) in [5, 5.41) is 6.96. The second-order valence-electron chi connectivity index (χ2n) is 9.67. The van der Waals surface area contributed by atoms with Gasteiger partial charge < -0.3 is 18.9 Å². The van der Waals surface area contributed by atoms with Gasteiger partial charge in [-0.15, -0.1) is 11.8 Å². The molecule has 8 heteroatoms. The van der Waals surface area contributed by atoms with E-state index in [0.29, 0.717) is 5.92 Å². The molecule has 3 fully saturated rings. The topological polar surface area (TPSA) is 69.6 Å². The lowest BCUT2D eigenvalue weighted by Crippen LogP contribution is -2.51. The summed E-state index contributed by atoms with van der Waals surface area (Å²) in [6.07, 6.45) is 9.25. The highest BCUT2D eigenvalue weighted by Crippen LogP contribution is 2.41. The van der Waals surface area contributed by atoms with Crippen LogP contribution in [0.3, 0.4) is 0 Å². The van der Waals surface area contributed by atoms with E-state index in [9.17, 15) is 4.79 Å². The molecule has 8 atom stereocenters. The maximum atomic E-state index is 13.6. The highest BCUT2D eigenvalue weighted by atomic mass is 32.2. The average molecular weight is 469 g/mol. The van der Waals surface area contributed by atoms with E-state index in [2.05, 4.69) is 0 Å². The van der Waals surface area contributed by atoms with Crippen molar-refractivity contribution in [2.45, 2.75) is 93.5 Å². The monoisotopic (exact) mass is 468 g/mol. The molecular weight excluding hydrogens is 428 g/mol. The Balaban J connectivity index is 1.56. The summed E-state index contributed by atoms with van der Waals surface area (Å²) < 4.78 is 23.1. The first-order valence-corrected chi connectivity index (χ1v) is 13.3. The lowest BCUT2D eigenvalue weighted by atomic mass is 9.75. The number of carbonyl (C=O) groups is 1. The molecule has 4 aliphatic rings. The molecule has 2 aliphatic carbocycles. The molecule has 8 unspecified atom stereocenters. The van der Waals surface area contributed by atoms with Gasteiger partial charge in [-0.2, -0.15) is 5.10 Å². The summed E-state index contributed by atoms with van der Waals surface area (Å²) in [6, 6.07) is 0.0581. The number of methoxy groups -OCH3 is 4. The number of nitrogens with zero attached hydrogens (tertiary/aromatic N) is 2. The van der Waals surface area contributed by atoms with E-state index in [1.54, 1.807) is 40.2 Å². The van der Waals surface area contributed by atoms with E-state index in [-0.39, 0.29) is 47.5 Å². The second-order valence-corrected chi connectivity index (χ2v) is 11.0. The van der Waals surface area contributed by atoms with Gasteiger partial charge in [0.25, 0.3) is 5.91 Å². The summed E-state index contributed by atoms with van der Waals surface area (Å²) in [6.45, 7) is 0. The molecule has 32 heavy (non-hydrogen) atoms. The van der Waals surface area contributed by atoms with Crippen LogP contribution in [-0.4, -0.2) is 86.5 Å². The molecule has 7 nitrogen and oxygen atoms in total. The lowest BCUT2D eigenvalue weighted by Gasteiger charge is -2.41. The Bertz CT molecular complexity index is 671. The first-order chi connectivity index (χ1) is 15.6. The molecule has 0 aromatic rings. The minimum Gasteiger partial charge on any atom is -0.379 e.